The van der Waals surface area contributed by atoms with Gasteiger partial charge in [0.05, 0.1) is 5.69 Å². The number of benzene rings is 2. The second-order valence-electron chi connectivity index (χ2n) is 6.67. The fourth-order valence-electron chi connectivity index (χ4n) is 3.00. The molecule has 3 rings (SSSR count). The average molecular weight is 369 g/mol. The molecule has 1 heterocycles. The van der Waals surface area contributed by atoms with Crippen LogP contribution in [0.2, 0.25) is 0 Å². The van der Waals surface area contributed by atoms with E-state index in [-0.39, 0.29) is 5.69 Å². The first-order valence-electron chi connectivity index (χ1n) is 8.61. The maximum atomic E-state index is 13.6. The number of carbonyl (C=O) groups is 3. The van der Waals surface area contributed by atoms with E-state index in [4.69, 9.17) is 0 Å². The lowest BCUT2D eigenvalue weighted by molar-refractivity contribution is -0.133. The van der Waals surface area contributed by atoms with Crippen molar-refractivity contribution in [1.82, 2.24) is 10.2 Å². The van der Waals surface area contributed by atoms with Crippen LogP contribution in [0.15, 0.2) is 54.6 Å². The van der Waals surface area contributed by atoms with Crippen molar-refractivity contribution in [3.05, 3.63) is 66.0 Å². The average Bonchev–Trinajstić information content (AvgIpc) is 2.86. The zero-order chi connectivity index (χ0) is 19.4. The first-order chi connectivity index (χ1) is 12.9. The Balaban J connectivity index is 1.63. The van der Waals surface area contributed by atoms with Crippen molar-refractivity contribution in [3.8, 4) is 0 Å². The minimum Gasteiger partial charge on any atom is -0.323 e. The summed E-state index contributed by atoms with van der Waals surface area (Å²) in [6, 6.07) is 14.7. The third-order valence-corrected chi connectivity index (χ3v) is 4.55. The van der Waals surface area contributed by atoms with Crippen LogP contribution < -0.4 is 10.6 Å². The molecule has 4 amide bonds. The minimum absolute atomic E-state index is 0.00129. The molecule has 0 saturated carbocycles. The van der Waals surface area contributed by atoms with E-state index in [1.54, 1.807) is 13.0 Å². The van der Waals surface area contributed by atoms with Crippen LogP contribution in [0.5, 0.6) is 0 Å². The molecule has 0 spiro atoms. The van der Waals surface area contributed by atoms with Crippen molar-refractivity contribution in [2.45, 2.75) is 25.3 Å². The lowest BCUT2D eigenvalue weighted by Gasteiger charge is -2.21. The van der Waals surface area contributed by atoms with Gasteiger partial charge in [-0.3, -0.25) is 14.5 Å². The summed E-state index contributed by atoms with van der Waals surface area (Å²) >= 11 is 0. The Morgan fingerprint density at radius 1 is 1.11 bits per heavy atom. The monoisotopic (exact) mass is 369 g/mol. The van der Waals surface area contributed by atoms with E-state index in [1.165, 1.54) is 18.2 Å². The molecule has 1 unspecified atom stereocenters. The van der Waals surface area contributed by atoms with Gasteiger partial charge in [-0.25, -0.2) is 9.18 Å². The quantitative estimate of drug-likeness (QED) is 0.769. The van der Waals surface area contributed by atoms with Crippen molar-refractivity contribution >= 4 is 23.5 Å². The fraction of sp³-hybridized carbons (Fsp3) is 0.250. The number of anilines is 1. The highest BCUT2D eigenvalue weighted by Crippen LogP contribution is 2.23. The SMILES string of the molecule is CC1(CCc2ccccc2)NC(=O)N(CC(=O)Nc2ccccc2F)C1=O. The molecule has 2 N–H and O–H groups in total. The Hall–Kier alpha value is -3.22. The van der Waals surface area contributed by atoms with Gasteiger partial charge in [-0.05, 0) is 37.5 Å². The summed E-state index contributed by atoms with van der Waals surface area (Å²) in [5.74, 6) is -1.70. The summed E-state index contributed by atoms with van der Waals surface area (Å²) in [6.45, 7) is 1.17. The minimum atomic E-state index is -1.08. The van der Waals surface area contributed by atoms with E-state index >= 15 is 0 Å². The summed E-state index contributed by atoms with van der Waals surface area (Å²) in [5.41, 5.74) is -0.0245. The highest BCUT2D eigenvalue weighted by molar-refractivity contribution is 6.09. The van der Waals surface area contributed by atoms with Crippen LogP contribution in [0.25, 0.3) is 0 Å². The molecule has 7 heteroatoms. The zero-order valence-electron chi connectivity index (χ0n) is 14.9. The normalized spacial score (nSPS) is 19.1. The number of carbonyl (C=O) groups excluding carboxylic acids is 3. The maximum Gasteiger partial charge on any atom is 0.325 e. The molecular formula is C20H20FN3O3. The number of rotatable bonds is 6. The van der Waals surface area contributed by atoms with E-state index < -0.39 is 35.7 Å². The molecule has 140 valence electrons. The Morgan fingerprint density at radius 3 is 2.48 bits per heavy atom. The van der Waals surface area contributed by atoms with Gasteiger partial charge in [-0.1, -0.05) is 42.5 Å². The topological polar surface area (TPSA) is 78.5 Å². The number of halogens is 1. The molecule has 1 atom stereocenters. The smallest absolute Gasteiger partial charge is 0.323 e. The first kappa shape index (κ1) is 18.6. The van der Waals surface area contributed by atoms with Gasteiger partial charge in [0.15, 0.2) is 0 Å². The molecule has 1 aliphatic rings. The number of aryl methyl sites for hydroxylation is 1. The van der Waals surface area contributed by atoms with E-state index in [1.807, 2.05) is 30.3 Å². The molecule has 1 saturated heterocycles. The first-order valence-corrected chi connectivity index (χ1v) is 8.61. The number of urea groups is 1. The molecule has 1 fully saturated rings. The second-order valence-corrected chi connectivity index (χ2v) is 6.67. The summed E-state index contributed by atoms with van der Waals surface area (Å²) in [7, 11) is 0. The molecule has 6 nitrogen and oxygen atoms in total. The number of hydrogen-bond donors (Lipinski definition) is 2. The van der Waals surface area contributed by atoms with E-state index in [0.717, 1.165) is 10.5 Å². The molecular weight excluding hydrogens is 349 g/mol. The molecule has 0 bridgehead atoms. The van der Waals surface area contributed by atoms with Crippen LogP contribution in [0.4, 0.5) is 14.9 Å². The number of nitrogens with zero attached hydrogens (tertiary/aromatic N) is 1. The van der Waals surface area contributed by atoms with Crippen molar-refractivity contribution < 1.29 is 18.8 Å². The van der Waals surface area contributed by atoms with Gasteiger partial charge in [0, 0.05) is 0 Å². The van der Waals surface area contributed by atoms with Crippen LogP contribution in [0.3, 0.4) is 0 Å². The Morgan fingerprint density at radius 2 is 1.78 bits per heavy atom. The summed E-state index contributed by atoms with van der Waals surface area (Å²) in [5, 5.41) is 5.04. The lowest BCUT2D eigenvalue weighted by atomic mass is 9.93. The molecule has 0 radical (unpaired) electrons. The van der Waals surface area contributed by atoms with Gasteiger partial charge in [-0.15, -0.1) is 0 Å². The van der Waals surface area contributed by atoms with Crippen molar-refractivity contribution in [2.24, 2.45) is 0 Å². The molecule has 2 aromatic rings. The second kappa shape index (κ2) is 7.57. The predicted molar refractivity (Wildman–Crippen MR) is 98.4 cm³/mol. The van der Waals surface area contributed by atoms with Crippen molar-refractivity contribution in [2.75, 3.05) is 11.9 Å². The molecule has 27 heavy (non-hydrogen) atoms. The summed E-state index contributed by atoms with van der Waals surface area (Å²) < 4.78 is 13.6. The highest BCUT2D eigenvalue weighted by Gasteiger charge is 2.47. The van der Waals surface area contributed by atoms with Crippen LogP contribution in [0, 0.1) is 5.82 Å². The third-order valence-electron chi connectivity index (χ3n) is 4.55. The Labute approximate surface area is 156 Å². The van der Waals surface area contributed by atoms with Gasteiger partial charge in [-0.2, -0.15) is 0 Å². The highest BCUT2D eigenvalue weighted by atomic mass is 19.1. The molecule has 0 aromatic heterocycles. The largest absolute Gasteiger partial charge is 0.325 e. The maximum absolute atomic E-state index is 13.6. The van der Waals surface area contributed by atoms with Crippen molar-refractivity contribution in [1.29, 1.82) is 0 Å². The van der Waals surface area contributed by atoms with Gasteiger partial charge in [0.25, 0.3) is 5.91 Å². The number of imide groups is 1. The standard InChI is InChI=1S/C20H20FN3O3/c1-20(12-11-14-7-3-2-4-8-14)18(26)24(19(27)23-20)13-17(25)22-16-10-6-5-9-15(16)21/h2-10H,11-13H2,1H3,(H,22,25)(H,23,27). The van der Waals surface area contributed by atoms with E-state index in [9.17, 15) is 18.8 Å². The molecule has 2 aromatic carbocycles. The Bertz CT molecular complexity index is 872. The lowest BCUT2D eigenvalue weighted by Crippen LogP contribution is -2.45. The van der Waals surface area contributed by atoms with E-state index in [0.29, 0.717) is 12.8 Å². The van der Waals surface area contributed by atoms with Crippen molar-refractivity contribution in [3.63, 3.8) is 0 Å². The molecule has 1 aliphatic heterocycles. The Kier molecular flexibility index (Phi) is 5.21. The fourth-order valence-corrected chi connectivity index (χ4v) is 3.00. The number of amides is 4. The van der Waals surface area contributed by atoms with Gasteiger partial charge in [0.1, 0.15) is 17.9 Å². The zero-order valence-corrected chi connectivity index (χ0v) is 14.9. The van der Waals surface area contributed by atoms with Gasteiger partial charge < -0.3 is 10.6 Å². The van der Waals surface area contributed by atoms with Crippen LogP contribution in [0.1, 0.15) is 18.9 Å². The molecule has 0 aliphatic carbocycles. The summed E-state index contributed by atoms with van der Waals surface area (Å²) in [6.07, 6.45) is 1.02. The van der Waals surface area contributed by atoms with Crippen LogP contribution >= 0.6 is 0 Å². The van der Waals surface area contributed by atoms with Crippen LogP contribution in [-0.2, 0) is 16.0 Å². The number of hydrogen-bond acceptors (Lipinski definition) is 3. The summed E-state index contributed by atoms with van der Waals surface area (Å²) in [4.78, 5) is 37.9. The van der Waals surface area contributed by atoms with Gasteiger partial charge in [0.2, 0.25) is 5.91 Å². The third kappa shape index (κ3) is 4.13. The predicted octanol–water partition coefficient (Wildman–Crippen LogP) is 2.71. The van der Waals surface area contributed by atoms with E-state index in [2.05, 4.69) is 10.6 Å². The van der Waals surface area contributed by atoms with Gasteiger partial charge >= 0.3 is 6.03 Å². The van der Waals surface area contributed by atoms with Crippen LogP contribution in [-0.4, -0.2) is 34.8 Å². The number of para-hydroxylation sites is 1. The number of nitrogens with one attached hydrogen (secondary N) is 2.